The van der Waals surface area contributed by atoms with Crippen molar-refractivity contribution < 1.29 is 9.53 Å². The Morgan fingerprint density at radius 2 is 1.95 bits per heavy atom. The lowest BCUT2D eigenvalue weighted by atomic mass is 10.2. The maximum Gasteiger partial charge on any atom is 0.363 e. The number of pyridine rings is 1. The number of hydrogen-bond donors (Lipinski definition) is 0. The van der Waals surface area contributed by atoms with Crippen molar-refractivity contribution in [1.82, 2.24) is 4.98 Å². The molecule has 0 atom stereocenters. The van der Waals surface area contributed by atoms with Gasteiger partial charge in [0.15, 0.2) is 5.70 Å². The standard InChI is InChI=1S/C15H8ClIN2O2/c16-12-2-1-10(17)8-11(12)14-19-13(15(20)21-14)7-9-3-5-18-6-4-9/h1-8H/b13-7+. The smallest absolute Gasteiger partial charge is 0.363 e. The largest absolute Gasteiger partial charge is 0.402 e. The van der Waals surface area contributed by atoms with E-state index >= 15 is 0 Å². The minimum atomic E-state index is -0.489. The Morgan fingerprint density at radius 3 is 2.71 bits per heavy atom. The number of aliphatic imine (C=N–C) groups is 1. The second kappa shape index (κ2) is 5.95. The van der Waals surface area contributed by atoms with E-state index in [-0.39, 0.29) is 11.6 Å². The first-order valence-electron chi connectivity index (χ1n) is 6.01. The van der Waals surface area contributed by atoms with Crippen LogP contribution in [0.5, 0.6) is 0 Å². The van der Waals surface area contributed by atoms with Gasteiger partial charge in [0.25, 0.3) is 0 Å². The molecule has 0 saturated carbocycles. The van der Waals surface area contributed by atoms with Crippen LogP contribution in [-0.2, 0) is 9.53 Å². The van der Waals surface area contributed by atoms with E-state index in [1.165, 1.54) is 0 Å². The molecular formula is C15H8ClIN2O2. The van der Waals surface area contributed by atoms with Gasteiger partial charge in [0, 0.05) is 16.0 Å². The van der Waals surface area contributed by atoms with Crippen LogP contribution in [-0.4, -0.2) is 16.9 Å². The number of hydrogen-bond acceptors (Lipinski definition) is 4. The zero-order valence-corrected chi connectivity index (χ0v) is 13.5. The Bertz CT molecular complexity index is 772. The Morgan fingerprint density at radius 1 is 1.19 bits per heavy atom. The highest BCUT2D eigenvalue weighted by Crippen LogP contribution is 2.25. The summed E-state index contributed by atoms with van der Waals surface area (Å²) < 4.78 is 6.19. The van der Waals surface area contributed by atoms with Gasteiger partial charge in [-0.15, -0.1) is 0 Å². The van der Waals surface area contributed by atoms with E-state index in [2.05, 4.69) is 32.6 Å². The molecule has 2 aromatic rings. The summed E-state index contributed by atoms with van der Waals surface area (Å²) in [5.41, 5.74) is 1.68. The number of aromatic nitrogens is 1. The topological polar surface area (TPSA) is 51.5 Å². The van der Waals surface area contributed by atoms with Crippen LogP contribution in [0.25, 0.3) is 6.08 Å². The number of cyclic esters (lactones) is 1. The van der Waals surface area contributed by atoms with Gasteiger partial charge >= 0.3 is 5.97 Å². The van der Waals surface area contributed by atoms with E-state index in [1.807, 2.05) is 12.1 Å². The van der Waals surface area contributed by atoms with Crippen LogP contribution in [0.4, 0.5) is 0 Å². The van der Waals surface area contributed by atoms with E-state index < -0.39 is 5.97 Å². The van der Waals surface area contributed by atoms with Gasteiger partial charge in [-0.2, -0.15) is 0 Å². The van der Waals surface area contributed by atoms with Crippen molar-refractivity contribution in [2.75, 3.05) is 0 Å². The summed E-state index contributed by atoms with van der Waals surface area (Å²) in [4.78, 5) is 20.1. The lowest BCUT2D eigenvalue weighted by Crippen LogP contribution is -2.06. The van der Waals surface area contributed by atoms with Gasteiger partial charge in [-0.05, 0) is 64.6 Å². The molecule has 2 heterocycles. The molecule has 6 heteroatoms. The molecule has 0 aliphatic carbocycles. The normalized spacial score (nSPS) is 16.0. The van der Waals surface area contributed by atoms with Crippen molar-refractivity contribution in [3.63, 3.8) is 0 Å². The van der Waals surface area contributed by atoms with Crippen molar-refractivity contribution in [3.8, 4) is 0 Å². The van der Waals surface area contributed by atoms with Crippen LogP contribution >= 0.6 is 34.2 Å². The highest BCUT2D eigenvalue weighted by Gasteiger charge is 2.25. The predicted octanol–water partition coefficient (Wildman–Crippen LogP) is 3.68. The van der Waals surface area contributed by atoms with Gasteiger partial charge in [-0.1, -0.05) is 11.6 Å². The van der Waals surface area contributed by atoms with E-state index in [9.17, 15) is 4.79 Å². The number of rotatable bonds is 2. The minimum Gasteiger partial charge on any atom is -0.402 e. The maximum atomic E-state index is 11.9. The van der Waals surface area contributed by atoms with Crippen molar-refractivity contribution in [3.05, 3.63) is 68.1 Å². The molecule has 1 aliphatic heterocycles. The molecule has 1 aromatic heterocycles. The highest BCUT2D eigenvalue weighted by molar-refractivity contribution is 14.1. The van der Waals surface area contributed by atoms with Crippen molar-refractivity contribution in [1.29, 1.82) is 0 Å². The quantitative estimate of drug-likeness (QED) is 0.431. The summed E-state index contributed by atoms with van der Waals surface area (Å²) in [6, 6.07) is 9.01. The molecule has 0 spiro atoms. The zero-order valence-electron chi connectivity index (χ0n) is 10.6. The average Bonchev–Trinajstić information content (AvgIpc) is 2.84. The Balaban J connectivity index is 1.99. The fourth-order valence-corrected chi connectivity index (χ4v) is 2.49. The molecule has 0 radical (unpaired) electrons. The van der Waals surface area contributed by atoms with Crippen molar-refractivity contribution in [2.24, 2.45) is 4.99 Å². The van der Waals surface area contributed by atoms with Gasteiger partial charge in [-0.3, -0.25) is 4.98 Å². The van der Waals surface area contributed by atoms with Gasteiger partial charge in [-0.25, -0.2) is 9.79 Å². The summed E-state index contributed by atoms with van der Waals surface area (Å²) in [5.74, 6) is -0.263. The molecule has 0 fully saturated rings. The van der Waals surface area contributed by atoms with Gasteiger partial charge in [0.1, 0.15) is 0 Å². The zero-order chi connectivity index (χ0) is 14.8. The fourth-order valence-electron chi connectivity index (χ4n) is 1.80. The maximum absolute atomic E-state index is 11.9. The van der Waals surface area contributed by atoms with Crippen LogP contribution in [0.1, 0.15) is 11.1 Å². The number of nitrogens with zero attached hydrogens (tertiary/aromatic N) is 2. The number of benzene rings is 1. The Hall–Kier alpha value is -1.73. The number of carbonyl (C=O) groups is 1. The minimum absolute atomic E-state index is 0.226. The summed E-state index contributed by atoms with van der Waals surface area (Å²) in [7, 11) is 0. The molecule has 1 aliphatic rings. The molecule has 0 N–H and O–H groups in total. The molecular weight excluding hydrogens is 403 g/mol. The number of esters is 1. The first-order valence-corrected chi connectivity index (χ1v) is 7.47. The molecule has 0 saturated heterocycles. The van der Waals surface area contributed by atoms with Crippen LogP contribution in [0.3, 0.4) is 0 Å². The van der Waals surface area contributed by atoms with Crippen LogP contribution < -0.4 is 0 Å². The molecule has 0 unspecified atom stereocenters. The van der Waals surface area contributed by atoms with Gasteiger partial charge in [0.2, 0.25) is 5.90 Å². The molecule has 0 amide bonds. The second-order valence-electron chi connectivity index (χ2n) is 4.24. The summed E-state index contributed by atoms with van der Waals surface area (Å²) in [5, 5.41) is 0.493. The molecule has 0 bridgehead atoms. The fraction of sp³-hybridized carbons (Fsp3) is 0. The van der Waals surface area contributed by atoms with Crippen LogP contribution in [0, 0.1) is 3.57 Å². The Kier molecular flexibility index (Phi) is 4.03. The van der Waals surface area contributed by atoms with E-state index in [0.717, 1.165) is 9.13 Å². The predicted molar refractivity (Wildman–Crippen MR) is 89.0 cm³/mol. The highest BCUT2D eigenvalue weighted by atomic mass is 127. The molecule has 104 valence electrons. The lowest BCUT2D eigenvalue weighted by molar-refractivity contribution is -0.129. The molecule has 3 rings (SSSR count). The summed E-state index contributed by atoms with van der Waals surface area (Å²) in [6.07, 6.45) is 4.94. The third-order valence-electron chi connectivity index (χ3n) is 2.79. The van der Waals surface area contributed by atoms with Crippen LogP contribution in [0.15, 0.2) is 53.4 Å². The second-order valence-corrected chi connectivity index (χ2v) is 5.89. The summed E-state index contributed by atoms with van der Waals surface area (Å²) >= 11 is 8.29. The third kappa shape index (κ3) is 3.14. The Labute approximate surface area is 139 Å². The number of ether oxygens (including phenoxy) is 1. The van der Waals surface area contributed by atoms with E-state index in [1.54, 1.807) is 36.7 Å². The van der Waals surface area contributed by atoms with Gasteiger partial charge < -0.3 is 4.74 Å². The van der Waals surface area contributed by atoms with E-state index in [0.29, 0.717) is 10.6 Å². The van der Waals surface area contributed by atoms with Gasteiger partial charge in [0.05, 0.1) is 10.6 Å². The number of halogens is 2. The lowest BCUT2D eigenvalue weighted by Gasteiger charge is -2.02. The first-order chi connectivity index (χ1) is 10.1. The van der Waals surface area contributed by atoms with Crippen molar-refractivity contribution >= 4 is 52.1 Å². The monoisotopic (exact) mass is 410 g/mol. The molecule has 1 aromatic carbocycles. The van der Waals surface area contributed by atoms with Crippen molar-refractivity contribution in [2.45, 2.75) is 0 Å². The van der Waals surface area contributed by atoms with E-state index in [4.69, 9.17) is 16.3 Å². The first kappa shape index (κ1) is 14.2. The molecule has 4 nitrogen and oxygen atoms in total. The SMILES string of the molecule is O=C1OC(c2cc(I)ccc2Cl)=N/C1=C/c1ccncc1. The molecule has 21 heavy (non-hydrogen) atoms. The third-order valence-corrected chi connectivity index (χ3v) is 3.79. The summed E-state index contributed by atoms with van der Waals surface area (Å²) in [6.45, 7) is 0. The average molecular weight is 411 g/mol. The number of carbonyl (C=O) groups excluding carboxylic acids is 1. The van der Waals surface area contributed by atoms with Crippen LogP contribution in [0.2, 0.25) is 5.02 Å².